The van der Waals surface area contributed by atoms with Gasteiger partial charge in [0.2, 0.25) is 0 Å². The molecule has 0 aliphatic rings. The molecule has 0 amide bonds. The third-order valence-electron chi connectivity index (χ3n) is 3.64. The lowest BCUT2D eigenvalue weighted by Gasteiger charge is -2.15. The van der Waals surface area contributed by atoms with E-state index in [0.717, 1.165) is 5.56 Å². The van der Waals surface area contributed by atoms with E-state index in [2.05, 4.69) is 11.1 Å². The van der Waals surface area contributed by atoms with Gasteiger partial charge < -0.3 is 21.0 Å². The third kappa shape index (κ3) is 4.40. The SMILES string of the molecule is [NH3+][C@@H](Cc1c(F)c(F)c(NC/C=C\c2ccccc2)c(F)c1F)C(=O)[O-]. The maximum atomic E-state index is 14.1. The van der Waals surface area contributed by atoms with E-state index in [1.54, 1.807) is 30.3 Å². The zero-order valence-electron chi connectivity index (χ0n) is 13.6. The Morgan fingerprint density at radius 3 is 2.19 bits per heavy atom. The van der Waals surface area contributed by atoms with Gasteiger partial charge in [0, 0.05) is 18.5 Å². The van der Waals surface area contributed by atoms with E-state index in [1.807, 2.05) is 6.07 Å². The standard InChI is InChI=1S/C18H16F4N2O2/c19-13-11(9-12(23)18(25)26)14(20)16(22)17(15(13)21)24-8-4-7-10-5-2-1-3-6-10/h1-7,12,24H,8-9,23H2,(H,25,26)/b7-4-/t12-/m0/s1. The molecule has 2 rings (SSSR count). The summed E-state index contributed by atoms with van der Waals surface area (Å²) in [5, 5.41) is 12.9. The highest BCUT2D eigenvalue weighted by molar-refractivity contribution is 5.69. The highest BCUT2D eigenvalue weighted by atomic mass is 19.2. The Morgan fingerprint density at radius 1 is 1.08 bits per heavy atom. The fourth-order valence-electron chi connectivity index (χ4n) is 2.26. The van der Waals surface area contributed by atoms with Crippen molar-refractivity contribution in [1.29, 1.82) is 0 Å². The number of quaternary nitrogens is 1. The highest BCUT2D eigenvalue weighted by Crippen LogP contribution is 2.28. The summed E-state index contributed by atoms with van der Waals surface area (Å²) < 4.78 is 56.1. The van der Waals surface area contributed by atoms with Gasteiger partial charge in [-0.1, -0.05) is 42.5 Å². The highest BCUT2D eigenvalue weighted by Gasteiger charge is 2.27. The molecule has 1 atom stereocenters. The lowest BCUT2D eigenvalue weighted by molar-refractivity contribution is -0.437. The largest absolute Gasteiger partial charge is 0.544 e. The van der Waals surface area contributed by atoms with Gasteiger partial charge >= 0.3 is 0 Å². The summed E-state index contributed by atoms with van der Waals surface area (Å²) in [6.45, 7) is -0.0854. The summed E-state index contributed by atoms with van der Waals surface area (Å²) in [4.78, 5) is 10.6. The van der Waals surface area contributed by atoms with Gasteiger partial charge in [0.05, 0.1) is 5.97 Å². The van der Waals surface area contributed by atoms with E-state index in [0.29, 0.717) is 0 Å². The molecule has 0 saturated carbocycles. The van der Waals surface area contributed by atoms with Gasteiger partial charge in [0.25, 0.3) is 0 Å². The molecule has 4 N–H and O–H groups in total. The van der Waals surface area contributed by atoms with Crippen molar-refractivity contribution in [3.8, 4) is 0 Å². The van der Waals surface area contributed by atoms with Crippen LogP contribution in [0.4, 0.5) is 23.2 Å². The second kappa shape index (κ2) is 8.48. The van der Waals surface area contributed by atoms with Crippen LogP contribution >= 0.6 is 0 Å². The van der Waals surface area contributed by atoms with Crippen LogP contribution < -0.4 is 16.2 Å². The molecule has 4 nitrogen and oxygen atoms in total. The van der Waals surface area contributed by atoms with Crippen molar-refractivity contribution < 1.29 is 33.2 Å². The first-order valence-corrected chi connectivity index (χ1v) is 7.67. The normalized spacial score (nSPS) is 12.3. The fourth-order valence-corrected chi connectivity index (χ4v) is 2.26. The smallest absolute Gasteiger partial charge is 0.185 e. The van der Waals surface area contributed by atoms with Gasteiger partial charge in [-0.15, -0.1) is 0 Å². The number of carbonyl (C=O) groups excluding carboxylic acids is 1. The molecule has 0 fully saturated rings. The molecule has 8 heteroatoms. The first kappa shape index (κ1) is 19.5. The van der Waals surface area contributed by atoms with Crippen molar-refractivity contribution in [3.63, 3.8) is 0 Å². The molecular formula is C18H16F4N2O2. The number of hydrogen-bond donors (Lipinski definition) is 2. The Kier molecular flexibility index (Phi) is 6.35. The summed E-state index contributed by atoms with van der Waals surface area (Å²) in [6, 6.07) is 7.49. The van der Waals surface area contributed by atoms with Crippen molar-refractivity contribution in [3.05, 3.63) is 70.8 Å². The van der Waals surface area contributed by atoms with E-state index >= 15 is 0 Å². The predicted octanol–water partition coefficient (Wildman–Crippen LogP) is 1.27. The summed E-state index contributed by atoms with van der Waals surface area (Å²) >= 11 is 0. The number of anilines is 1. The average molecular weight is 368 g/mol. The number of aliphatic carboxylic acids is 1. The maximum Gasteiger partial charge on any atom is 0.185 e. The van der Waals surface area contributed by atoms with Crippen LogP contribution in [0.1, 0.15) is 11.1 Å². The summed E-state index contributed by atoms with van der Waals surface area (Å²) in [6.07, 6.45) is 2.36. The first-order chi connectivity index (χ1) is 12.3. The Morgan fingerprint density at radius 2 is 1.65 bits per heavy atom. The lowest BCUT2D eigenvalue weighted by Crippen LogP contribution is -2.69. The van der Waals surface area contributed by atoms with Crippen LogP contribution in [0.25, 0.3) is 6.08 Å². The van der Waals surface area contributed by atoms with Crippen molar-refractivity contribution in [1.82, 2.24) is 0 Å². The van der Waals surface area contributed by atoms with Gasteiger partial charge in [-0.2, -0.15) is 0 Å². The van der Waals surface area contributed by atoms with Crippen molar-refractivity contribution >= 4 is 17.7 Å². The molecule has 0 aromatic heterocycles. The number of benzene rings is 2. The van der Waals surface area contributed by atoms with Gasteiger partial charge in [-0.25, -0.2) is 17.6 Å². The molecule has 2 aromatic carbocycles. The Hall–Kier alpha value is -2.87. The van der Waals surface area contributed by atoms with Crippen LogP contribution in [0.5, 0.6) is 0 Å². The Labute approximate surface area is 146 Å². The maximum absolute atomic E-state index is 14.1. The molecule has 2 aromatic rings. The van der Waals surface area contributed by atoms with E-state index < -0.39 is 53.0 Å². The number of hydrogen-bond acceptors (Lipinski definition) is 3. The molecule has 0 bridgehead atoms. The van der Waals surface area contributed by atoms with Crippen LogP contribution in [-0.2, 0) is 11.2 Å². The van der Waals surface area contributed by atoms with Crippen LogP contribution in [0.15, 0.2) is 36.4 Å². The van der Waals surface area contributed by atoms with E-state index in [9.17, 15) is 27.5 Å². The second-order valence-electron chi connectivity index (χ2n) is 5.52. The van der Waals surface area contributed by atoms with Crippen LogP contribution in [0, 0.1) is 23.3 Å². The lowest BCUT2D eigenvalue weighted by atomic mass is 10.0. The molecule has 0 saturated heterocycles. The Balaban J connectivity index is 2.19. The number of carboxylic acid groups (broad SMARTS) is 1. The molecule has 0 aliphatic carbocycles. The van der Waals surface area contributed by atoms with E-state index in [4.69, 9.17) is 0 Å². The van der Waals surface area contributed by atoms with Crippen LogP contribution in [0.3, 0.4) is 0 Å². The average Bonchev–Trinajstić information content (AvgIpc) is 2.63. The molecular weight excluding hydrogens is 352 g/mol. The van der Waals surface area contributed by atoms with Crippen LogP contribution in [0.2, 0.25) is 0 Å². The number of nitrogens with one attached hydrogen (secondary N) is 1. The number of carbonyl (C=O) groups is 1. The zero-order valence-corrected chi connectivity index (χ0v) is 13.6. The van der Waals surface area contributed by atoms with E-state index in [-0.39, 0.29) is 6.54 Å². The number of halogens is 4. The molecule has 138 valence electrons. The predicted molar refractivity (Wildman–Crippen MR) is 85.6 cm³/mol. The number of rotatable bonds is 7. The van der Waals surface area contributed by atoms with Crippen LogP contribution in [-0.4, -0.2) is 18.6 Å². The summed E-state index contributed by atoms with van der Waals surface area (Å²) in [7, 11) is 0. The fraction of sp³-hybridized carbons (Fsp3) is 0.167. The molecule has 0 unspecified atom stereocenters. The minimum absolute atomic E-state index is 0.0854. The molecule has 0 spiro atoms. The van der Waals surface area contributed by atoms with Gasteiger partial charge in [0.15, 0.2) is 23.3 Å². The minimum Gasteiger partial charge on any atom is -0.544 e. The first-order valence-electron chi connectivity index (χ1n) is 7.67. The Bertz CT molecular complexity index is 797. The third-order valence-corrected chi connectivity index (χ3v) is 3.64. The second-order valence-corrected chi connectivity index (χ2v) is 5.52. The summed E-state index contributed by atoms with van der Waals surface area (Å²) in [5.41, 5.74) is 1.98. The van der Waals surface area contributed by atoms with E-state index in [1.165, 1.54) is 6.08 Å². The molecule has 26 heavy (non-hydrogen) atoms. The topological polar surface area (TPSA) is 79.8 Å². The van der Waals surface area contributed by atoms with Crippen molar-refractivity contribution in [2.75, 3.05) is 11.9 Å². The zero-order chi connectivity index (χ0) is 19.3. The minimum atomic E-state index is -1.68. The summed E-state index contributed by atoms with van der Waals surface area (Å²) in [5.74, 6) is -8.25. The number of carboxylic acids is 1. The molecule has 0 radical (unpaired) electrons. The molecule has 0 aliphatic heterocycles. The van der Waals surface area contributed by atoms with Gasteiger partial charge in [0.1, 0.15) is 11.7 Å². The quantitative estimate of drug-likeness (QED) is 0.571. The molecule has 0 heterocycles. The van der Waals surface area contributed by atoms with Crippen molar-refractivity contribution in [2.45, 2.75) is 12.5 Å². The van der Waals surface area contributed by atoms with Gasteiger partial charge in [-0.05, 0) is 5.56 Å². The monoisotopic (exact) mass is 368 g/mol. The van der Waals surface area contributed by atoms with Crippen molar-refractivity contribution in [2.24, 2.45) is 0 Å². The van der Waals surface area contributed by atoms with Gasteiger partial charge in [-0.3, -0.25) is 0 Å².